The number of hydrogen-bond acceptors (Lipinski definition) is 3. The Hall–Kier alpha value is -0.910. The summed E-state index contributed by atoms with van der Waals surface area (Å²) in [4.78, 5) is 0.369. The third kappa shape index (κ3) is 2.74. The summed E-state index contributed by atoms with van der Waals surface area (Å²) in [5.41, 5.74) is 6.98. The van der Waals surface area contributed by atoms with Gasteiger partial charge in [0.25, 0.3) is 0 Å². The van der Waals surface area contributed by atoms with Crippen LogP contribution in [0.15, 0.2) is 29.2 Å². The zero-order valence-corrected chi connectivity index (χ0v) is 11.5. The first-order chi connectivity index (χ1) is 8.54. The van der Waals surface area contributed by atoms with Crippen LogP contribution in [0.5, 0.6) is 0 Å². The lowest BCUT2D eigenvalue weighted by molar-refractivity contribution is 0.316. The third-order valence-electron chi connectivity index (χ3n) is 3.39. The van der Waals surface area contributed by atoms with Gasteiger partial charge in [0, 0.05) is 19.1 Å². The minimum absolute atomic E-state index is 0.0385. The first-order valence-corrected chi connectivity index (χ1v) is 7.82. The van der Waals surface area contributed by atoms with Crippen LogP contribution in [0, 0.1) is 0 Å². The smallest absolute Gasteiger partial charge is 0.243 e. The standard InChI is InChI=1S/C13H20N2O2S/c1-2-11-5-7-13(8-6-11)18(16,17)15-9-3-4-12(14)10-15/h5-8,12H,2-4,9-10,14H2,1H3/t12-/m0/s1. The summed E-state index contributed by atoms with van der Waals surface area (Å²) in [6.45, 7) is 3.05. The number of nitrogens with two attached hydrogens (primary N) is 1. The van der Waals surface area contributed by atoms with Crippen molar-refractivity contribution in [1.82, 2.24) is 4.31 Å². The van der Waals surface area contributed by atoms with Gasteiger partial charge in [-0.25, -0.2) is 8.42 Å². The van der Waals surface area contributed by atoms with Gasteiger partial charge in [0.05, 0.1) is 4.90 Å². The van der Waals surface area contributed by atoms with Crippen molar-refractivity contribution in [3.8, 4) is 0 Å². The van der Waals surface area contributed by atoms with E-state index in [1.54, 1.807) is 12.1 Å². The van der Waals surface area contributed by atoms with Crippen LogP contribution in [0.4, 0.5) is 0 Å². The molecular formula is C13H20N2O2S. The molecule has 2 rings (SSSR count). The Bertz CT molecular complexity index is 496. The monoisotopic (exact) mass is 268 g/mol. The van der Waals surface area contributed by atoms with Gasteiger partial charge in [0.2, 0.25) is 10.0 Å². The fraction of sp³-hybridized carbons (Fsp3) is 0.538. The van der Waals surface area contributed by atoms with E-state index in [4.69, 9.17) is 5.73 Å². The second-order valence-corrected chi connectivity index (χ2v) is 6.70. The van der Waals surface area contributed by atoms with Gasteiger partial charge in [-0.05, 0) is 37.0 Å². The van der Waals surface area contributed by atoms with Gasteiger partial charge in [-0.2, -0.15) is 4.31 Å². The molecule has 0 aliphatic carbocycles. The van der Waals surface area contributed by atoms with E-state index < -0.39 is 10.0 Å². The Morgan fingerprint density at radius 1 is 1.33 bits per heavy atom. The summed E-state index contributed by atoms with van der Waals surface area (Å²) >= 11 is 0. The topological polar surface area (TPSA) is 63.4 Å². The predicted octanol–water partition coefficient (Wildman–Crippen LogP) is 1.36. The van der Waals surface area contributed by atoms with Crippen molar-refractivity contribution in [3.63, 3.8) is 0 Å². The largest absolute Gasteiger partial charge is 0.327 e. The van der Waals surface area contributed by atoms with Crippen LogP contribution < -0.4 is 5.73 Å². The van der Waals surface area contributed by atoms with Gasteiger partial charge in [0.1, 0.15) is 0 Å². The lowest BCUT2D eigenvalue weighted by Gasteiger charge is -2.29. The van der Waals surface area contributed by atoms with Gasteiger partial charge < -0.3 is 5.73 Å². The van der Waals surface area contributed by atoms with E-state index >= 15 is 0 Å². The van der Waals surface area contributed by atoms with Crippen LogP contribution in [0.2, 0.25) is 0 Å². The molecule has 1 aliphatic heterocycles. The molecule has 0 aromatic heterocycles. The van der Waals surface area contributed by atoms with E-state index in [9.17, 15) is 8.42 Å². The summed E-state index contributed by atoms with van der Waals surface area (Å²) < 4.78 is 26.3. The van der Waals surface area contributed by atoms with E-state index in [1.807, 2.05) is 19.1 Å². The maximum atomic E-state index is 12.4. The van der Waals surface area contributed by atoms with E-state index in [-0.39, 0.29) is 6.04 Å². The molecule has 2 N–H and O–H groups in total. The number of sulfonamides is 1. The van der Waals surface area contributed by atoms with Crippen molar-refractivity contribution in [1.29, 1.82) is 0 Å². The SMILES string of the molecule is CCc1ccc(S(=O)(=O)N2CCC[C@H](N)C2)cc1. The van der Waals surface area contributed by atoms with Gasteiger partial charge in [-0.1, -0.05) is 19.1 Å². The molecule has 18 heavy (non-hydrogen) atoms. The molecule has 1 saturated heterocycles. The molecule has 1 fully saturated rings. The number of hydrogen-bond donors (Lipinski definition) is 1. The van der Waals surface area contributed by atoms with Crippen molar-refractivity contribution in [2.45, 2.75) is 37.1 Å². The molecule has 0 unspecified atom stereocenters. The lowest BCUT2D eigenvalue weighted by Crippen LogP contribution is -2.45. The average Bonchev–Trinajstić information content (AvgIpc) is 2.39. The fourth-order valence-corrected chi connectivity index (χ4v) is 3.77. The Labute approximate surface area is 109 Å². The molecular weight excluding hydrogens is 248 g/mol. The Morgan fingerprint density at radius 3 is 2.56 bits per heavy atom. The number of aryl methyl sites for hydroxylation is 1. The van der Waals surface area contributed by atoms with Gasteiger partial charge in [0.15, 0.2) is 0 Å². The third-order valence-corrected chi connectivity index (χ3v) is 5.27. The number of nitrogens with zero attached hydrogens (tertiary/aromatic N) is 1. The van der Waals surface area contributed by atoms with Crippen molar-refractivity contribution in [2.75, 3.05) is 13.1 Å². The zero-order valence-electron chi connectivity index (χ0n) is 10.7. The van der Waals surface area contributed by atoms with Crippen LogP contribution in [0.25, 0.3) is 0 Å². The minimum Gasteiger partial charge on any atom is -0.327 e. The summed E-state index contributed by atoms with van der Waals surface area (Å²) in [6.07, 6.45) is 2.66. The van der Waals surface area contributed by atoms with E-state index in [0.717, 1.165) is 24.8 Å². The molecule has 1 heterocycles. The van der Waals surface area contributed by atoms with Crippen LogP contribution in [-0.4, -0.2) is 31.9 Å². The maximum Gasteiger partial charge on any atom is 0.243 e. The second-order valence-electron chi connectivity index (χ2n) is 4.76. The molecule has 1 aliphatic rings. The molecule has 4 nitrogen and oxygen atoms in total. The van der Waals surface area contributed by atoms with Gasteiger partial charge in [-0.15, -0.1) is 0 Å². The van der Waals surface area contributed by atoms with Crippen LogP contribution in [-0.2, 0) is 16.4 Å². The molecule has 1 aromatic rings. The quantitative estimate of drug-likeness (QED) is 0.900. The molecule has 0 spiro atoms. The van der Waals surface area contributed by atoms with Crippen LogP contribution in [0.1, 0.15) is 25.3 Å². The van der Waals surface area contributed by atoms with Crippen LogP contribution in [0.3, 0.4) is 0 Å². The van der Waals surface area contributed by atoms with E-state index in [0.29, 0.717) is 18.0 Å². The first-order valence-electron chi connectivity index (χ1n) is 6.38. The molecule has 0 bridgehead atoms. The summed E-state index contributed by atoms with van der Waals surface area (Å²) in [5, 5.41) is 0. The van der Waals surface area contributed by atoms with Crippen molar-refractivity contribution in [2.24, 2.45) is 5.73 Å². The minimum atomic E-state index is -3.37. The van der Waals surface area contributed by atoms with Gasteiger partial charge >= 0.3 is 0 Å². The summed E-state index contributed by atoms with van der Waals surface area (Å²) in [6, 6.07) is 7.08. The first kappa shape index (κ1) is 13.5. The molecule has 1 atom stereocenters. The maximum absolute atomic E-state index is 12.4. The molecule has 5 heteroatoms. The highest BCUT2D eigenvalue weighted by Gasteiger charge is 2.28. The summed E-state index contributed by atoms with van der Waals surface area (Å²) in [5.74, 6) is 0. The number of rotatable bonds is 3. The number of piperidine rings is 1. The highest BCUT2D eigenvalue weighted by atomic mass is 32.2. The molecule has 1 aromatic carbocycles. The highest BCUT2D eigenvalue weighted by Crippen LogP contribution is 2.20. The fourth-order valence-electron chi connectivity index (χ4n) is 2.24. The van der Waals surface area contributed by atoms with Gasteiger partial charge in [-0.3, -0.25) is 0 Å². The Balaban J connectivity index is 2.23. The normalized spacial score (nSPS) is 22.0. The van der Waals surface area contributed by atoms with Crippen molar-refractivity contribution >= 4 is 10.0 Å². The molecule has 0 amide bonds. The second kappa shape index (κ2) is 5.38. The number of benzene rings is 1. The van der Waals surface area contributed by atoms with E-state index in [2.05, 4.69) is 0 Å². The Morgan fingerprint density at radius 2 is 2.00 bits per heavy atom. The van der Waals surface area contributed by atoms with Crippen LogP contribution >= 0.6 is 0 Å². The predicted molar refractivity (Wildman–Crippen MR) is 71.8 cm³/mol. The molecule has 0 radical (unpaired) electrons. The molecule has 100 valence electrons. The molecule has 0 saturated carbocycles. The highest BCUT2D eigenvalue weighted by molar-refractivity contribution is 7.89. The summed E-state index contributed by atoms with van der Waals surface area (Å²) in [7, 11) is -3.37. The Kier molecular flexibility index (Phi) is 4.04. The van der Waals surface area contributed by atoms with E-state index in [1.165, 1.54) is 4.31 Å². The van der Waals surface area contributed by atoms with Crippen molar-refractivity contribution < 1.29 is 8.42 Å². The van der Waals surface area contributed by atoms with Crippen molar-refractivity contribution in [3.05, 3.63) is 29.8 Å². The lowest BCUT2D eigenvalue weighted by atomic mass is 10.1. The average molecular weight is 268 g/mol. The zero-order chi connectivity index (χ0) is 13.2.